The average Bonchev–Trinajstić information content (AvgIpc) is 2.98. The van der Waals surface area contributed by atoms with Crippen LogP contribution in [0.3, 0.4) is 0 Å². The predicted molar refractivity (Wildman–Crippen MR) is 78.7 cm³/mol. The highest BCUT2D eigenvalue weighted by Crippen LogP contribution is 2.33. The van der Waals surface area contributed by atoms with Crippen molar-refractivity contribution in [3.8, 4) is 0 Å². The molecule has 3 rings (SSSR count). The van der Waals surface area contributed by atoms with Crippen molar-refractivity contribution in [2.24, 2.45) is 0 Å². The molecular weight excluding hydrogens is 284 g/mol. The van der Waals surface area contributed by atoms with E-state index in [1.165, 1.54) is 0 Å². The summed E-state index contributed by atoms with van der Waals surface area (Å²) in [6.45, 7) is 6.26. The van der Waals surface area contributed by atoms with Crippen LogP contribution in [-0.2, 0) is 30.3 Å². The molecule has 0 spiro atoms. The predicted octanol–water partition coefficient (Wildman–Crippen LogP) is 2.55. The second kappa shape index (κ2) is 5.74. The van der Waals surface area contributed by atoms with E-state index in [1.807, 2.05) is 51.1 Å². The van der Waals surface area contributed by atoms with Crippen LogP contribution in [0.1, 0.15) is 26.3 Å². The lowest BCUT2D eigenvalue weighted by Crippen LogP contribution is -2.32. The summed E-state index contributed by atoms with van der Waals surface area (Å²) in [5.41, 5.74) is 1.76. The van der Waals surface area contributed by atoms with Gasteiger partial charge in [-0.15, -0.1) is 0 Å². The van der Waals surface area contributed by atoms with E-state index in [0.717, 1.165) is 11.1 Å². The summed E-state index contributed by atoms with van der Waals surface area (Å²) in [6.07, 6.45) is -0.739. The Morgan fingerprint density at radius 1 is 1.27 bits per heavy atom. The molecule has 2 aliphatic heterocycles. The normalized spacial score (nSPS) is 27.1. The zero-order chi connectivity index (χ0) is 15.7. The molecule has 0 radical (unpaired) electrons. The van der Waals surface area contributed by atoms with Gasteiger partial charge in [0.1, 0.15) is 12.7 Å². The monoisotopic (exact) mass is 304 g/mol. The molecule has 2 heterocycles. The molecule has 2 atom stereocenters. The molecule has 1 aromatic rings. The minimum absolute atomic E-state index is 0.280. The number of hydrogen-bond acceptors (Lipinski definition) is 5. The molecule has 0 N–H and O–H groups in total. The quantitative estimate of drug-likeness (QED) is 0.800. The summed E-state index contributed by atoms with van der Waals surface area (Å²) in [6, 6.07) is 9.70. The van der Waals surface area contributed by atoms with Crippen molar-refractivity contribution >= 4 is 5.97 Å². The highest BCUT2D eigenvalue weighted by atomic mass is 16.8. The summed E-state index contributed by atoms with van der Waals surface area (Å²) in [5.74, 6) is -0.806. The van der Waals surface area contributed by atoms with Crippen LogP contribution in [0.25, 0.3) is 0 Å². The maximum Gasteiger partial charge on any atom is 0.374 e. The largest absolute Gasteiger partial charge is 0.482 e. The average molecular weight is 304 g/mol. The van der Waals surface area contributed by atoms with E-state index in [1.54, 1.807) is 0 Å². The first-order valence-electron chi connectivity index (χ1n) is 7.36. The summed E-state index contributed by atoms with van der Waals surface area (Å²) in [5, 5.41) is 0. The van der Waals surface area contributed by atoms with E-state index >= 15 is 0 Å². The molecule has 1 saturated heterocycles. The zero-order valence-corrected chi connectivity index (χ0v) is 13.0. The Morgan fingerprint density at radius 3 is 2.64 bits per heavy atom. The van der Waals surface area contributed by atoms with Crippen molar-refractivity contribution < 1.29 is 23.7 Å². The van der Waals surface area contributed by atoms with Gasteiger partial charge in [-0.1, -0.05) is 30.3 Å². The Hall–Kier alpha value is -1.85. The highest BCUT2D eigenvalue weighted by molar-refractivity contribution is 5.90. The van der Waals surface area contributed by atoms with Gasteiger partial charge >= 0.3 is 5.97 Å². The summed E-state index contributed by atoms with van der Waals surface area (Å²) in [4.78, 5) is 12.0. The number of esters is 1. The van der Waals surface area contributed by atoms with E-state index in [0.29, 0.717) is 13.2 Å². The van der Waals surface area contributed by atoms with Crippen molar-refractivity contribution in [3.63, 3.8) is 0 Å². The Morgan fingerprint density at radius 2 is 2.00 bits per heavy atom. The van der Waals surface area contributed by atoms with Gasteiger partial charge in [-0.05, 0) is 26.3 Å². The molecular formula is C17H20O5. The lowest BCUT2D eigenvalue weighted by molar-refractivity contribution is -0.161. The van der Waals surface area contributed by atoms with E-state index in [9.17, 15) is 4.79 Å². The molecule has 2 unspecified atom stereocenters. The topological polar surface area (TPSA) is 54.0 Å². The van der Waals surface area contributed by atoms with Crippen LogP contribution in [0.4, 0.5) is 0 Å². The third-order valence-electron chi connectivity index (χ3n) is 3.80. The minimum Gasteiger partial charge on any atom is -0.482 e. The van der Waals surface area contributed by atoms with E-state index < -0.39 is 17.9 Å². The van der Waals surface area contributed by atoms with Crippen molar-refractivity contribution in [2.45, 2.75) is 45.4 Å². The Balaban J connectivity index is 1.69. The van der Waals surface area contributed by atoms with Gasteiger partial charge in [-0.3, -0.25) is 0 Å². The number of cyclic esters (lactones) is 1. The van der Waals surface area contributed by atoms with Crippen LogP contribution in [-0.4, -0.2) is 30.6 Å². The molecule has 5 heteroatoms. The summed E-state index contributed by atoms with van der Waals surface area (Å²) < 4.78 is 22.4. The van der Waals surface area contributed by atoms with E-state index in [2.05, 4.69) is 0 Å². The fourth-order valence-electron chi connectivity index (χ4n) is 2.67. The van der Waals surface area contributed by atoms with Gasteiger partial charge in [0.15, 0.2) is 11.9 Å². The standard InChI is InChI=1S/C17H20O5/c1-11-14(13-10-20-17(2,3)22-13)21-16(18)15(11)19-9-12-7-5-4-6-8-12/h4-8,13-14H,9-10H2,1-3H3. The Bertz CT molecular complexity index is 590. The molecule has 0 aromatic heterocycles. The van der Waals surface area contributed by atoms with Crippen molar-refractivity contribution in [1.29, 1.82) is 0 Å². The SMILES string of the molecule is CC1=C(OCc2ccccc2)C(=O)OC1C1COC(C)(C)O1. The number of carbonyl (C=O) groups is 1. The maximum absolute atomic E-state index is 12.0. The van der Waals surface area contributed by atoms with E-state index in [4.69, 9.17) is 18.9 Å². The lowest BCUT2D eigenvalue weighted by atomic mass is 10.1. The van der Waals surface area contributed by atoms with Crippen LogP contribution < -0.4 is 0 Å². The van der Waals surface area contributed by atoms with Gasteiger partial charge in [0.25, 0.3) is 0 Å². The number of benzene rings is 1. The molecule has 0 amide bonds. The molecule has 5 nitrogen and oxygen atoms in total. The molecule has 118 valence electrons. The van der Waals surface area contributed by atoms with E-state index in [-0.39, 0.29) is 11.9 Å². The number of rotatable bonds is 4. The second-order valence-electron chi connectivity index (χ2n) is 5.98. The van der Waals surface area contributed by atoms with Gasteiger partial charge in [-0.2, -0.15) is 0 Å². The van der Waals surface area contributed by atoms with Gasteiger partial charge in [0.05, 0.1) is 6.61 Å². The van der Waals surface area contributed by atoms with Crippen molar-refractivity contribution in [1.82, 2.24) is 0 Å². The molecule has 1 fully saturated rings. The van der Waals surface area contributed by atoms with Gasteiger partial charge < -0.3 is 18.9 Å². The van der Waals surface area contributed by atoms with Crippen LogP contribution in [0.2, 0.25) is 0 Å². The molecule has 0 bridgehead atoms. The van der Waals surface area contributed by atoms with Crippen molar-refractivity contribution in [2.75, 3.05) is 6.61 Å². The van der Waals surface area contributed by atoms with Crippen LogP contribution >= 0.6 is 0 Å². The summed E-state index contributed by atoms with van der Waals surface area (Å²) >= 11 is 0. The highest BCUT2D eigenvalue weighted by Gasteiger charge is 2.45. The zero-order valence-electron chi connectivity index (χ0n) is 13.0. The van der Waals surface area contributed by atoms with Gasteiger partial charge in [0.2, 0.25) is 5.76 Å². The van der Waals surface area contributed by atoms with Crippen LogP contribution in [0, 0.1) is 0 Å². The van der Waals surface area contributed by atoms with Crippen molar-refractivity contribution in [3.05, 3.63) is 47.2 Å². The third-order valence-corrected chi connectivity index (χ3v) is 3.80. The number of hydrogen-bond donors (Lipinski definition) is 0. The maximum atomic E-state index is 12.0. The molecule has 22 heavy (non-hydrogen) atoms. The first-order chi connectivity index (χ1) is 10.5. The van der Waals surface area contributed by atoms with Crippen LogP contribution in [0.15, 0.2) is 41.7 Å². The lowest BCUT2D eigenvalue weighted by Gasteiger charge is -2.20. The Labute approximate surface area is 129 Å². The molecule has 0 aliphatic carbocycles. The van der Waals surface area contributed by atoms with Gasteiger partial charge in [0, 0.05) is 5.57 Å². The summed E-state index contributed by atoms with van der Waals surface area (Å²) in [7, 11) is 0. The fraction of sp³-hybridized carbons (Fsp3) is 0.471. The first-order valence-corrected chi connectivity index (χ1v) is 7.36. The fourth-order valence-corrected chi connectivity index (χ4v) is 2.67. The molecule has 2 aliphatic rings. The molecule has 1 aromatic carbocycles. The van der Waals surface area contributed by atoms with Gasteiger partial charge in [-0.25, -0.2) is 4.79 Å². The smallest absolute Gasteiger partial charge is 0.374 e. The minimum atomic E-state index is -0.648. The third kappa shape index (κ3) is 3.00. The molecule has 0 saturated carbocycles. The first kappa shape index (κ1) is 15.1. The Kier molecular flexibility index (Phi) is 3.93. The number of carbonyl (C=O) groups excluding carboxylic acids is 1. The van der Waals surface area contributed by atoms with Crippen LogP contribution in [0.5, 0.6) is 0 Å². The number of ether oxygens (including phenoxy) is 4. The second-order valence-corrected chi connectivity index (χ2v) is 5.98.